The summed E-state index contributed by atoms with van der Waals surface area (Å²) in [5.41, 5.74) is 1.69. The second kappa shape index (κ2) is 3.57. The van der Waals surface area contributed by atoms with Gasteiger partial charge in [-0.3, -0.25) is 4.79 Å². The molecular weight excluding hydrogens is 270 g/mol. The van der Waals surface area contributed by atoms with E-state index >= 15 is 0 Å². The van der Waals surface area contributed by atoms with Crippen LogP contribution < -0.4 is 5.32 Å². The Balaban J connectivity index is 2.09. The molecule has 1 fully saturated rings. The first kappa shape index (κ1) is 10.3. The monoisotopic (exact) mass is 281 g/mol. The molecular formula is C12H12BrNO2. The Morgan fingerprint density at radius 3 is 3.06 bits per heavy atom. The lowest BCUT2D eigenvalue weighted by Gasteiger charge is -2.34. The SMILES string of the molecule is O=C1Nc2ccccc2C12CCOC(Br)C2. The molecule has 2 heterocycles. The molecule has 1 spiro atoms. The summed E-state index contributed by atoms with van der Waals surface area (Å²) in [4.78, 5) is 12.2. The van der Waals surface area contributed by atoms with Crippen molar-refractivity contribution in [2.45, 2.75) is 23.3 Å². The van der Waals surface area contributed by atoms with E-state index in [1.807, 2.05) is 24.3 Å². The molecule has 1 amide bonds. The summed E-state index contributed by atoms with van der Waals surface area (Å²) in [6.45, 7) is 0.623. The van der Waals surface area contributed by atoms with Crippen LogP contribution in [0.1, 0.15) is 18.4 Å². The van der Waals surface area contributed by atoms with Gasteiger partial charge in [-0.05, 0) is 18.1 Å². The smallest absolute Gasteiger partial charge is 0.235 e. The fraction of sp³-hybridized carbons (Fsp3) is 0.417. The minimum atomic E-state index is -0.386. The Kier molecular flexibility index (Phi) is 2.30. The first-order valence-corrected chi connectivity index (χ1v) is 6.31. The van der Waals surface area contributed by atoms with Crippen molar-refractivity contribution in [2.24, 2.45) is 0 Å². The predicted octanol–water partition coefficient (Wildman–Crippen LogP) is 2.41. The maximum atomic E-state index is 12.2. The molecule has 4 heteroatoms. The molecule has 1 saturated heterocycles. The molecule has 0 aliphatic carbocycles. The van der Waals surface area contributed by atoms with Gasteiger partial charge in [0.2, 0.25) is 5.91 Å². The molecule has 0 aromatic heterocycles. The molecule has 3 nitrogen and oxygen atoms in total. The van der Waals surface area contributed by atoms with E-state index < -0.39 is 0 Å². The number of rotatable bonds is 0. The minimum Gasteiger partial charge on any atom is -0.367 e. The van der Waals surface area contributed by atoms with Crippen molar-refractivity contribution in [1.29, 1.82) is 0 Å². The first-order valence-electron chi connectivity index (χ1n) is 5.39. The lowest BCUT2D eigenvalue weighted by atomic mass is 9.75. The van der Waals surface area contributed by atoms with Gasteiger partial charge < -0.3 is 10.1 Å². The number of carbonyl (C=O) groups excluding carboxylic acids is 1. The van der Waals surface area contributed by atoms with Gasteiger partial charge in [-0.2, -0.15) is 0 Å². The number of hydrogen-bond acceptors (Lipinski definition) is 2. The van der Waals surface area contributed by atoms with Crippen LogP contribution in [0.15, 0.2) is 24.3 Å². The second-order valence-electron chi connectivity index (χ2n) is 4.32. The quantitative estimate of drug-likeness (QED) is 0.742. The second-order valence-corrected chi connectivity index (χ2v) is 5.34. The van der Waals surface area contributed by atoms with Crippen LogP contribution >= 0.6 is 15.9 Å². The lowest BCUT2D eigenvalue weighted by molar-refractivity contribution is -0.124. The number of carbonyl (C=O) groups is 1. The number of ether oxygens (including phenoxy) is 1. The standard InChI is InChI=1S/C12H12BrNO2/c13-10-7-12(5-6-16-10)8-3-1-2-4-9(8)14-11(12)15/h1-4,10H,5-7H2,(H,14,15). The number of anilines is 1. The van der Waals surface area contributed by atoms with Crippen molar-refractivity contribution < 1.29 is 9.53 Å². The summed E-state index contributed by atoms with van der Waals surface area (Å²) in [6.07, 6.45) is 1.47. The van der Waals surface area contributed by atoms with Gasteiger partial charge in [0.25, 0.3) is 0 Å². The third-order valence-electron chi connectivity index (χ3n) is 3.46. The van der Waals surface area contributed by atoms with Crippen molar-refractivity contribution in [3.8, 4) is 0 Å². The van der Waals surface area contributed by atoms with Gasteiger partial charge >= 0.3 is 0 Å². The Hall–Kier alpha value is -0.870. The zero-order chi connectivity index (χ0) is 11.2. The highest BCUT2D eigenvalue weighted by Crippen LogP contribution is 2.46. The average molecular weight is 282 g/mol. The van der Waals surface area contributed by atoms with Gasteiger partial charge in [0, 0.05) is 18.7 Å². The minimum absolute atomic E-state index is 0.0295. The highest BCUT2D eigenvalue weighted by atomic mass is 79.9. The maximum Gasteiger partial charge on any atom is 0.235 e. The predicted molar refractivity (Wildman–Crippen MR) is 64.7 cm³/mol. The van der Waals surface area contributed by atoms with Crippen molar-refractivity contribution in [1.82, 2.24) is 0 Å². The van der Waals surface area contributed by atoms with Crippen LogP contribution in [-0.4, -0.2) is 17.5 Å². The van der Waals surface area contributed by atoms with Gasteiger partial charge in [-0.15, -0.1) is 0 Å². The fourth-order valence-corrected chi connectivity index (χ4v) is 3.36. The van der Waals surface area contributed by atoms with Gasteiger partial charge in [-0.25, -0.2) is 0 Å². The summed E-state index contributed by atoms with van der Waals surface area (Å²) in [7, 11) is 0. The van der Waals surface area contributed by atoms with E-state index in [0.717, 1.165) is 17.7 Å². The number of nitrogens with one attached hydrogen (secondary N) is 1. The highest BCUT2D eigenvalue weighted by molar-refractivity contribution is 9.09. The van der Waals surface area contributed by atoms with Crippen molar-refractivity contribution in [3.05, 3.63) is 29.8 Å². The zero-order valence-electron chi connectivity index (χ0n) is 8.70. The molecule has 2 aliphatic rings. The zero-order valence-corrected chi connectivity index (χ0v) is 10.3. The van der Waals surface area contributed by atoms with Crippen LogP contribution in [0.2, 0.25) is 0 Å². The number of hydrogen-bond donors (Lipinski definition) is 1. The van der Waals surface area contributed by atoms with Gasteiger partial charge in [0.05, 0.1) is 5.41 Å². The molecule has 84 valence electrons. The Morgan fingerprint density at radius 1 is 1.44 bits per heavy atom. The van der Waals surface area contributed by atoms with Gasteiger partial charge in [0.15, 0.2) is 0 Å². The third-order valence-corrected chi connectivity index (χ3v) is 4.05. The molecule has 2 unspecified atom stereocenters. The Morgan fingerprint density at radius 2 is 2.25 bits per heavy atom. The van der Waals surface area contributed by atoms with Crippen LogP contribution in [0.4, 0.5) is 5.69 Å². The van der Waals surface area contributed by atoms with Crippen LogP contribution in [0.3, 0.4) is 0 Å². The summed E-state index contributed by atoms with van der Waals surface area (Å²) < 4.78 is 5.46. The molecule has 1 N–H and O–H groups in total. The van der Waals surface area contributed by atoms with Crippen LogP contribution in [0.5, 0.6) is 0 Å². The molecule has 0 saturated carbocycles. The van der Waals surface area contributed by atoms with Crippen LogP contribution in [0, 0.1) is 0 Å². The van der Waals surface area contributed by atoms with E-state index in [-0.39, 0.29) is 16.3 Å². The largest absolute Gasteiger partial charge is 0.367 e. The van der Waals surface area contributed by atoms with Crippen LogP contribution in [-0.2, 0) is 14.9 Å². The third kappa shape index (κ3) is 1.33. The molecule has 1 aromatic carbocycles. The molecule has 1 aromatic rings. The van der Waals surface area contributed by atoms with E-state index in [9.17, 15) is 4.79 Å². The van der Waals surface area contributed by atoms with Crippen molar-refractivity contribution >= 4 is 27.5 Å². The molecule has 16 heavy (non-hydrogen) atoms. The lowest BCUT2D eigenvalue weighted by Crippen LogP contribution is -2.42. The van der Waals surface area contributed by atoms with E-state index in [2.05, 4.69) is 21.2 Å². The number of benzene rings is 1. The van der Waals surface area contributed by atoms with Crippen molar-refractivity contribution in [3.63, 3.8) is 0 Å². The number of halogens is 1. The summed E-state index contributed by atoms with van der Waals surface area (Å²) in [6, 6.07) is 7.93. The number of alkyl halides is 1. The van der Waals surface area contributed by atoms with E-state index in [1.54, 1.807) is 0 Å². The van der Waals surface area contributed by atoms with E-state index in [1.165, 1.54) is 0 Å². The number of amides is 1. The van der Waals surface area contributed by atoms with Crippen LogP contribution in [0.25, 0.3) is 0 Å². The molecule has 2 atom stereocenters. The van der Waals surface area contributed by atoms with Crippen molar-refractivity contribution in [2.75, 3.05) is 11.9 Å². The van der Waals surface area contributed by atoms with E-state index in [4.69, 9.17) is 4.74 Å². The summed E-state index contributed by atoms with van der Waals surface area (Å²) in [5.74, 6) is 0.112. The highest BCUT2D eigenvalue weighted by Gasteiger charge is 2.49. The van der Waals surface area contributed by atoms with Gasteiger partial charge in [0.1, 0.15) is 5.01 Å². The molecule has 0 bridgehead atoms. The fourth-order valence-electron chi connectivity index (χ4n) is 2.62. The summed E-state index contributed by atoms with van der Waals surface area (Å²) >= 11 is 3.45. The normalized spacial score (nSPS) is 32.6. The first-order chi connectivity index (χ1) is 7.72. The number of para-hydroxylation sites is 1. The molecule has 2 aliphatic heterocycles. The average Bonchev–Trinajstić information content (AvgIpc) is 2.53. The Bertz CT molecular complexity index is 448. The number of fused-ring (bicyclic) bond motifs is 2. The van der Waals surface area contributed by atoms with E-state index in [0.29, 0.717) is 13.0 Å². The molecule has 3 rings (SSSR count). The molecule has 0 radical (unpaired) electrons. The topological polar surface area (TPSA) is 38.3 Å². The Labute approximate surface area is 102 Å². The maximum absolute atomic E-state index is 12.2. The summed E-state index contributed by atoms with van der Waals surface area (Å²) in [5, 5.41) is 2.93. The van der Waals surface area contributed by atoms with Gasteiger partial charge in [-0.1, -0.05) is 34.1 Å².